The Morgan fingerprint density at radius 3 is 2.68 bits per heavy atom. The maximum atomic E-state index is 10.9. The zero-order valence-electron chi connectivity index (χ0n) is 10.8. The average molecular weight is 257 g/mol. The van der Waals surface area contributed by atoms with Crippen LogP contribution in [0.1, 0.15) is 35.7 Å². The van der Waals surface area contributed by atoms with Crippen LogP contribution in [0, 0.1) is 0 Å². The number of aromatic nitrogens is 1. The number of hydrogen-bond donors (Lipinski definition) is 1. The highest BCUT2D eigenvalue weighted by atomic mass is 16.5. The Balaban J connectivity index is 2.23. The molecule has 4 nitrogen and oxygen atoms in total. The van der Waals surface area contributed by atoms with Crippen LogP contribution in [-0.2, 0) is 0 Å². The molecule has 0 aliphatic heterocycles. The van der Waals surface area contributed by atoms with Gasteiger partial charge in [-0.3, -0.25) is 4.98 Å². The molecule has 1 N–H and O–H groups in total. The van der Waals surface area contributed by atoms with E-state index >= 15 is 0 Å². The second-order valence-electron chi connectivity index (χ2n) is 4.54. The van der Waals surface area contributed by atoms with E-state index in [0.717, 1.165) is 0 Å². The van der Waals surface area contributed by atoms with Crippen LogP contribution >= 0.6 is 0 Å². The van der Waals surface area contributed by atoms with Crippen molar-refractivity contribution in [2.75, 3.05) is 0 Å². The Morgan fingerprint density at radius 2 is 2.00 bits per heavy atom. The normalized spacial score (nSPS) is 10.5. The van der Waals surface area contributed by atoms with Crippen LogP contribution in [0.5, 0.6) is 11.5 Å². The first-order valence-electron chi connectivity index (χ1n) is 6.02. The standard InChI is InChI=1S/C15H15NO3/c1-10(2)11-4-3-5-13(6-11)19-14-7-12(15(17)18)8-16-9-14/h3-10H,1-2H3,(H,17,18). The zero-order chi connectivity index (χ0) is 13.8. The van der Waals surface area contributed by atoms with Crippen LogP contribution < -0.4 is 4.74 Å². The minimum absolute atomic E-state index is 0.109. The predicted molar refractivity (Wildman–Crippen MR) is 71.8 cm³/mol. The number of benzene rings is 1. The molecule has 0 aliphatic rings. The van der Waals surface area contributed by atoms with Gasteiger partial charge in [0.2, 0.25) is 0 Å². The lowest BCUT2D eigenvalue weighted by molar-refractivity contribution is 0.0696. The van der Waals surface area contributed by atoms with Gasteiger partial charge in [-0.05, 0) is 29.7 Å². The first kappa shape index (κ1) is 13.1. The Bertz CT molecular complexity index is 593. The van der Waals surface area contributed by atoms with Crippen molar-refractivity contribution in [3.8, 4) is 11.5 Å². The third kappa shape index (κ3) is 3.31. The summed E-state index contributed by atoms with van der Waals surface area (Å²) in [6, 6.07) is 9.18. The molecule has 0 saturated carbocycles. The molecule has 1 aromatic carbocycles. The summed E-state index contributed by atoms with van der Waals surface area (Å²) in [6.45, 7) is 4.21. The van der Waals surface area contributed by atoms with Gasteiger partial charge in [-0.15, -0.1) is 0 Å². The van der Waals surface area contributed by atoms with Gasteiger partial charge in [-0.1, -0.05) is 26.0 Å². The van der Waals surface area contributed by atoms with Crippen LogP contribution in [0.2, 0.25) is 0 Å². The summed E-state index contributed by atoms with van der Waals surface area (Å²) < 4.78 is 5.63. The summed E-state index contributed by atoms with van der Waals surface area (Å²) in [5.41, 5.74) is 1.28. The van der Waals surface area contributed by atoms with Gasteiger partial charge in [-0.2, -0.15) is 0 Å². The van der Waals surface area contributed by atoms with Crippen molar-refractivity contribution < 1.29 is 14.6 Å². The molecule has 1 heterocycles. The Kier molecular flexibility index (Phi) is 3.80. The average Bonchev–Trinajstić information content (AvgIpc) is 2.39. The van der Waals surface area contributed by atoms with Crippen LogP contribution in [-0.4, -0.2) is 16.1 Å². The third-order valence-electron chi connectivity index (χ3n) is 2.72. The van der Waals surface area contributed by atoms with Gasteiger partial charge in [0.25, 0.3) is 0 Å². The fraction of sp³-hybridized carbons (Fsp3) is 0.200. The lowest BCUT2D eigenvalue weighted by atomic mass is 10.0. The molecule has 1 aromatic heterocycles. The lowest BCUT2D eigenvalue weighted by Gasteiger charge is -2.09. The van der Waals surface area contributed by atoms with Crippen molar-refractivity contribution in [2.45, 2.75) is 19.8 Å². The molecule has 0 atom stereocenters. The number of carboxylic acids is 1. The van der Waals surface area contributed by atoms with Gasteiger partial charge in [0.1, 0.15) is 11.5 Å². The van der Waals surface area contributed by atoms with E-state index in [4.69, 9.17) is 9.84 Å². The predicted octanol–water partition coefficient (Wildman–Crippen LogP) is 3.70. The first-order valence-corrected chi connectivity index (χ1v) is 6.02. The van der Waals surface area contributed by atoms with Gasteiger partial charge in [0.15, 0.2) is 0 Å². The lowest BCUT2D eigenvalue weighted by Crippen LogP contribution is -1.97. The summed E-state index contributed by atoms with van der Waals surface area (Å²) in [6.07, 6.45) is 2.79. The first-order chi connectivity index (χ1) is 9.06. The Labute approximate surface area is 111 Å². The molecule has 2 rings (SSSR count). The number of carboxylic acid groups (broad SMARTS) is 1. The summed E-state index contributed by atoms with van der Waals surface area (Å²) in [5, 5.41) is 8.90. The van der Waals surface area contributed by atoms with Crippen molar-refractivity contribution in [2.24, 2.45) is 0 Å². The Hall–Kier alpha value is -2.36. The number of aromatic carboxylic acids is 1. The smallest absolute Gasteiger partial charge is 0.337 e. The zero-order valence-corrected chi connectivity index (χ0v) is 10.8. The van der Waals surface area contributed by atoms with Crippen LogP contribution in [0.15, 0.2) is 42.7 Å². The monoisotopic (exact) mass is 257 g/mol. The number of nitrogens with zero attached hydrogens (tertiary/aromatic N) is 1. The van der Waals surface area contributed by atoms with E-state index < -0.39 is 5.97 Å². The van der Waals surface area contributed by atoms with E-state index in [2.05, 4.69) is 18.8 Å². The number of hydrogen-bond acceptors (Lipinski definition) is 3. The van der Waals surface area contributed by atoms with Crippen molar-refractivity contribution >= 4 is 5.97 Å². The van der Waals surface area contributed by atoms with Crippen molar-refractivity contribution in [3.05, 3.63) is 53.9 Å². The second kappa shape index (κ2) is 5.52. The van der Waals surface area contributed by atoms with Crippen LogP contribution in [0.25, 0.3) is 0 Å². The summed E-state index contributed by atoms with van der Waals surface area (Å²) in [5.74, 6) is 0.484. The molecule has 4 heteroatoms. The quantitative estimate of drug-likeness (QED) is 0.907. The molecule has 0 bridgehead atoms. The fourth-order valence-electron chi connectivity index (χ4n) is 1.66. The molecule has 98 valence electrons. The highest BCUT2D eigenvalue weighted by Gasteiger charge is 2.06. The maximum Gasteiger partial charge on any atom is 0.337 e. The molecule has 19 heavy (non-hydrogen) atoms. The van der Waals surface area contributed by atoms with Crippen LogP contribution in [0.4, 0.5) is 0 Å². The summed E-state index contributed by atoms with van der Waals surface area (Å²) in [4.78, 5) is 14.7. The molecule has 0 radical (unpaired) electrons. The molecule has 2 aromatic rings. The molecule has 0 fully saturated rings. The number of ether oxygens (including phenoxy) is 1. The van der Waals surface area contributed by atoms with Gasteiger partial charge in [0.05, 0.1) is 11.8 Å². The maximum absolute atomic E-state index is 10.9. The number of carbonyl (C=O) groups is 1. The molecule has 0 aliphatic carbocycles. The van der Waals surface area contributed by atoms with Crippen molar-refractivity contribution in [1.82, 2.24) is 4.98 Å². The Morgan fingerprint density at radius 1 is 1.21 bits per heavy atom. The minimum Gasteiger partial charge on any atom is -0.478 e. The van der Waals surface area contributed by atoms with E-state index in [1.54, 1.807) is 0 Å². The molecular weight excluding hydrogens is 242 g/mol. The van der Waals surface area contributed by atoms with Gasteiger partial charge in [0, 0.05) is 6.20 Å². The minimum atomic E-state index is -1.02. The fourth-order valence-corrected chi connectivity index (χ4v) is 1.66. The number of pyridine rings is 1. The van der Waals surface area contributed by atoms with Gasteiger partial charge >= 0.3 is 5.97 Å². The topological polar surface area (TPSA) is 59.4 Å². The molecule has 0 saturated heterocycles. The molecule has 0 spiro atoms. The van der Waals surface area contributed by atoms with E-state index in [1.165, 1.54) is 24.0 Å². The highest BCUT2D eigenvalue weighted by Crippen LogP contribution is 2.25. The third-order valence-corrected chi connectivity index (χ3v) is 2.72. The summed E-state index contributed by atoms with van der Waals surface area (Å²) in [7, 11) is 0. The highest BCUT2D eigenvalue weighted by molar-refractivity contribution is 5.87. The SMILES string of the molecule is CC(C)c1cccc(Oc2cncc(C(=O)O)c2)c1. The largest absolute Gasteiger partial charge is 0.478 e. The van der Waals surface area contributed by atoms with Crippen molar-refractivity contribution in [3.63, 3.8) is 0 Å². The van der Waals surface area contributed by atoms with Crippen molar-refractivity contribution in [1.29, 1.82) is 0 Å². The molecule has 0 unspecified atom stereocenters. The van der Waals surface area contributed by atoms with E-state index in [0.29, 0.717) is 17.4 Å². The van der Waals surface area contributed by atoms with E-state index in [-0.39, 0.29) is 5.56 Å². The van der Waals surface area contributed by atoms with Crippen LogP contribution in [0.3, 0.4) is 0 Å². The second-order valence-corrected chi connectivity index (χ2v) is 4.54. The van der Waals surface area contributed by atoms with Gasteiger partial charge in [-0.25, -0.2) is 4.79 Å². The summed E-state index contributed by atoms with van der Waals surface area (Å²) >= 11 is 0. The molecule has 0 amide bonds. The van der Waals surface area contributed by atoms with Gasteiger partial charge < -0.3 is 9.84 Å². The van der Waals surface area contributed by atoms with E-state index in [9.17, 15) is 4.79 Å². The molecular formula is C15H15NO3. The number of rotatable bonds is 4. The van der Waals surface area contributed by atoms with E-state index in [1.807, 2.05) is 24.3 Å².